The zero-order valence-corrected chi connectivity index (χ0v) is 21.4. The summed E-state index contributed by atoms with van der Waals surface area (Å²) in [6.45, 7) is 0.119. The van der Waals surface area contributed by atoms with Gasteiger partial charge in [-0.1, -0.05) is 54.6 Å². The summed E-state index contributed by atoms with van der Waals surface area (Å²) in [5.41, 5.74) is 5.18. The van der Waals surface area contributed by atoms with Crippen molar-refractivity contribution in [1.82, 2.24) is 10.2 Å². The fraction of sp³-hybridized carbons (Fsp3) is 0.333. The molecular weight excluding hydrogens is 509 g/mol. The summed E-state index contributed by atoms with van der Waals surface area (Å²) in [4.78, 5) is 26.5. The van der Waals surface area contributed by atoms with Crippen molar-refractivity contribution in [2.24, 2.45) is 5.92 Å². The van der Waals surface area contributed by atoms with E-state index in [0.717, 1.165) is 39.1 Å². The van der Waals surface area contributed by atoms with Crippen LogP contribution in [0, 0.1) is 5.92 Å². The maximum absolute atomic E-state index is 13.1. The van der Waals surface area contributed by atoms with Gasteiger partial charge in [-0.3, -0.25) is 9.59 Å². The Labute approximate surface area is 224 Å². The molecule has 3 aromatic carbocycles. The lowest BCUT2D eigenvalue weighted by Gasteiger charge is -2.33. The summed E-state index contributed by atoms with van der Waals surface area (Å²) < 4.78 is 44.6. The van der Waals surface area contributed by atoms with E-state index in [2.05, 4.69) is 5.32 Å². The zero-order valence-electron chi connectivity index (χ0n) is 21.4. The van der Waals surface area contributed by atoms with Gasteiger partial charge in [0.1, 0.15) is 5.75 Å². The molecule has 0 bridgehead atoms. The summed E-state index contributed by atoms with van der Waals surface area (Å²) in [5, 5.41) is 12.6. The van der Waals surface area contributed by atoms with Gasteiger partial charge in [0.15, 0.2) is 0 Å². The Balaban J connectivity index is 1.40. The summed E-state index contributed by atoms with van der Waals surface area (Å²) in [7, 11) is 1.57. The number of nitrogens with zero attached hydrogens (tertiary/aromatic N) is 1. The van der Waals surface area contributed by atoms with E-state index in [4.69, 9.17) is 4.74 Å². The SMILES string of the molecule is COc1cccc(-c2ccc(CNC(=O)[C@H]3C[C@@H]3c3ccccc3)c3c2CCN(C(=O)C(O)C(F)(F)F)C3)c1. The van der Waals surface area contributed by atoms with Crippen LogP contribution in [0.3, 0.4) is 0 Å². The highest BCUT2D eigenvalue weighted by Crippen LogP contribution is 2.47. The van der Waals surface area contributed by atoms with Crippen LogP contribution in [0.15, 0.2) is 66.7 Å². The Morgan fingerprint density at radius 1 is 1.08 bits per heavy atom. The average Bonchev–Trinajstić information content (AvgIpc) is 3.76. The van der Waals surface area contributed by atoms with Crippen molar-refractivity contribution in [2.75, 3.05) is 13.7 Å². The van der Waals surface area contributed by atoms with Gasteiger partial charge in [0.2, 0.25) is 12.0 Å². The summed E-state index contributed by atoms with van der Waals surface area (Å²) in [5.74, 6) is -0.743. The molecular formula is C30H29F3N2O4. The van der Waals surface area contributed by atoms with Crippen molar-refractivity contribution < 1.29 is 32.6 Å². The molecule has 2 amide bonds. The van der Waals surface area contributed by atoms with Crippen LogP contribution in [0.5, 0.6) is 5.75 Å². The van der Waals surface area contributed by atoms with Crippen LogP contribution in [-0.4, -0.2) is 47.8 Å². The number of rotatable bonds is 7. The number of halogens is 3. The number of hydrogen-bond donors (Lipinski definition) is 2. The van der Waals surface area contributed by atoms with Gasteiger partial charge in [-0.25, -0.2) is 0 Å². The average molecular weight is 539 g/mol. The molecule has 0 aromatic heterocycles. The van der Waals surface area contributed by atoms with E-state index >= 15 is 0 Å². The van der Waals surface area contributed by atoms with Crippen LogP contribution in [-0.2, 0) is 29.1 Å². The standard InChI is InChI=1S/C30H29F3N2O4/c1-39-21-9-5-8-19(14-21)22-11-10-20(16-34-28(37)25-15-24(25)18-6-3-2-4-7-18)26-17-35(13-12-23(22)26)29(38)27(36)30(31,32)33/h2-11,14,24-25,27,36H,12-13,15-17H2,1H3,(H,34,37)/t24-,25+,27?/m1/s1. The molecule has 1 saturated carbocycles. The monoisotopic (exact) mass is 538 g/mol. The summed E-state index contributed by atoms with van der Waals surface area (Å²) in [6, 6.07) is 21.1. The number of aliphatic hydroxyl groups is 1. The van der Waals surface area contributed by atoms with Crippen molar-refractivity contribution >= 4 is 11.8 Å². The van der Waals surface area contributed by atoms with Crippen LogP contribution in [0.25, 0.3) is 11.1 Å². The van der Waals surface area contributed by atoms with E-state index in [1.165, 1.54) is 0 Å². The minimum absolute atomic E-state index is 0.0343. The van der Waals surface area contributed by atoms with Crippen molar-refractivity contribution in [2.45, 2.75) is 44.1 Å². The molecule has 2 aliphatic rings. The minimum Gasteiger partial charge on any atom is -0.497 e. The molecule has 1 fully saturated rings. The minimum atomic E-state index is -5.05. The first-order valence-electron chi connectivity index (χ1n) is 12.8. The predicted molar refractivity (Wildman–Crippen MR) is 139 cm³/mol. The third-order valence-corrected chi connectivity index (χ3v) is 7.55. The van der Waals surface area contributed by atoms with Gasteiger partial charge in [0, 0.05) is 25.6 Å². The smallest absolute Gasteiger partial charge is 0.423 e. The van der Waals surface area contributed by atoms with Gasteiger partial charge in [0.25, 0.3) is 5.91 Å². The van der Waals surface area contributed by atoms with Crippen molar-refractivity contribution in [1.29, 1.82) is 0 Å². The van der Waals surface area contributed by atoms with Crippen LogP contribution in [0.4, 0.5) is 13.2 Å². The second-order valence-electron chi connectivity index (χ2n) is 9.99. The van der Waals surface area contributed by atoms with Crippen molar-refractivity contribution in [3.8, 4) is 16.9 Å². The van der Waals surface area contributed by atoms with Gasteiger partial charge >= 0.3 is 6.18 Å². The number of methoxy groups -OCH3 is 1. The third-order valence-electron chi connectivity index (χ3n) is 7.55. The maximum atomic E-state index is 13.1. The molecule has 0 spiro atoms. The van der Waals surface area contributed by atoms with Gasteiger partial charge in [-0.05, 0) is 64.3 Å². The fourth-order valence-corrected chi connectivity index (χ4v) is 5.34. The second-order valence-corrected chi connectivity index (χ2v) is 9.99. The largest absolute Gasteiger partial charge is 0.497 e. The van der Waals surface area contributed by atoms with Crippen LogP contribution in [0.2, 0.25) is 0 Å². The number of fused-ring (bicyclic) bond motifs is 1. The molecule has 1 aliphatic carbocycles. The molecule has 1 unspecified atom stereocenters. The van der Waals surface area contributed by atoms with Crippen LogP contribution < -0.4 is 10.1 Å². The zero-order chi connectivity index (χ0) is 27.7. The number of benzene rings is 3. The van der Waals surface area contributed by atoms with Crippen molar-refractivity contribution in [3.05, 3.63) is 89.0 Å². The predicted octanol–water partition coefficient (Wildman–Crippen LogP) is 4.59. The molecule has 1 heterocycles. The lowest BCUT2D eigenvalue weighted by atomic mass is 9.87. The number of nitrogens with one attached hydrogen (secondary N) is 1. The molecule has 2 N–H and O–H groups in total. The topological polar surface area (TPSA) is 78.9 Å². The van der Waals surface area contributed by atoms with E-state index in [0.29, 0.717) is 17.7 Å². The van der Waals surface area contributed by atoms with Crippen LogP contribution in [0.1, 0.15) is 34.6 Å². The van der Waals surface area contributed by atoms with Crippen molar-refractivity contribution in [3.63, 3.8) is 0 Å². The number of hydrogen-bond acceptors (Lipinski definition) is 4. The summed E-state index contributed by atoms with van der Waals surface area (Å²) >= 11 is 0. The lowest BCUT2D eigenvalue weighted by molar-refractivity contribution is -0.211. The van der Waals surface area contributed by atoms with Gasteiger partial charge in [0.05, 0.1) is 7.11 Å². The number of carbonyl (C=O) groups is 2. The normalized spacial score (nSPS) is 19.2. The molecule has 0 radical (unpaired) electrons. The quantitative estimate of drug-likeness (QED) is 0.461. The first-order valence-corrected chi connectivity index (χ1v) is 12.8. The first-order chi connectivity index (χ1) is 18.7. The molecule has 9 heteroatoms. The number of ether oxygens (including phenoxy) is 1. The number of alkyl halides is 3. The van der Waals surface area contributed by atoms with Crippen LogP contribution >= 0.6 is 0 Å². The molecule has 3 atom stereocenters. The molecule has 39 heavy (non-hydrogen) atoms. The highest BCUT2D eigenvalue weighted by Gasteiger charge is 2.46. The van der Waals surface area contributed by atoms with Gasteiger partial charge in [-0.2, -0.15) is 13.2 Å². The second kappa shape index (κ2) is 10.7. The Morgan fingerprint density at radius 3 is 2.56 bits per heavy atom. The Bertz CT molecular complexity index is 1380. The molecule has 6 nitrogen and oxygen atoms in total. The summed E-state index contributed by atoms with van der Waals surface area (Å²) in [6.07, 6.45) is -7.05. The lowest BCUT2D eigenvalue weighted by Crippen LogP contribution is -2.48. The van der Waals surface area contributed by atoms with E-state index in [-0.39, 0.29) is 37.4 Å². The maximum Gasteiger partial charge on any atom is 0.423 e. The van der Waals surface area contributed by atoms with Gasteiger partial charge < -0.3 is 20.1 Å². The highest BCUT2D eigenvalue weighted by molar-refractivity contribution is 5.84. The molecule has 0 saturated heterocycles. The van der Waals surface area contributed by atoms with E-state index in [9.17, 15) is 27.9 Å². The van der Waals surface area contributed by atoms with Gasteiger partial charge in [-0.15, -0.1) is 0 Å². The third kappa shape index (κ3) is 5.63. The Kier molecular flexibility index (Phi) is 7.36. The Morgan fingerprint density at radius 2 is 1.85 bits per heavy atom. The Hall–Kier alpha value is -3.85. The molecule has 3 aromatic rings. The highest BCUT2D eigenvalue weighted by atomic mass is 19.4. The number of aliphatic hydroxyl groups excluding tert-OH is 1. The number of carbonyl (C=O) groups excluding carboxylic acids is 2. The fourth-order valence-electron chi connectivity index (χ4n) is 5.34. The number of amides is 2. The first kappa shape index (κ1) is 26.7. The van der Waals surface area contributed by atoms with E-state index in [1.807, 2.05) is 66.7 Å². The molecule has 5 rings (SSSR count). The molecule has 1 aliphatic heterocycles. The molecule has 204 valence electrons. The van der Waals surface area contributed by atoms with E-state index < -0.39 is 18.2 Å². The van der Waals surface area contributed by atoms with E-state index in [1.54, 1.807) is 7.11 Å².